The molecule has 88 valence electrons. The highest BCUT2D eigenvalue weighted by molar-refractivity contribution is 5.73. The molecule has 0 unspecified atom stereocenters. The maximum atomic E-state index is 10.8. The summed E-state index contributed by atoms with van der Waals surface area (Å²) in [6.07, 6.45) is 0.603. The monoisotopic (exact) mass is 217 g/mol. The SMILES string of the molecule is CC(=O)NC(C)(C)COCCCC(=O)O. The second-order valence-electron chi connectivity index (χ2n) is 4.11. The first-order chi connectivity index (χ1) is 6.83. The molecule has 0 aromatic heterocycles. The van der Waals surface area contributed by atoms with Gasteiger partial charge in [-0.05, 0) is 20.3 Å². The van der Waals surface area contributed by atoms with E-state index in [4.69, 9.17) is 9.84 Å². The Labute approximate surface area is 89.8 Å². The Morgan fingerprint density at radius 3 is 2.47 bits per heavy atom. The number of hydrogen-bond donors (Lipinski definition) is 2. The van der Waals surface area contributed by atoms with Crippen molar-refractivity contribution in [3.63, 3.8) is 0 Å². The topological polar surface area (TPSA) is 75.6 Å². The number of amides is 1. The van der Waals surface area contributed by atoms with Crippen LogP contribution >= 0.6 is 0 Å². The van der Waals surface area contributed by atoms with Gasteiger partial charge in [-0.1, -0.05) is 0 Å². The molecule has 0 aliphatic rings. The van der Waals surface area contributed by atoms with Crippen molar-refractivity contribution < 1.29 is 19.4 Å². The van der Waals surface area contributed by atoms with E-state index < -0.39 is 11.5 Å². The summed E-state index contributed by atoms with van der Waals surface area (Å²) in [6, 6.07) is 0. The van der Waals surface area contributed by atoms with E-state index in [1.165, 1.54) is 6.92 Å². The minimum absolute atomic E-state index is 0.103. The molecule has 0 saturated carbocycles. The number of nitrogens with one attached hydrogen (secondary N) is 1. The van der Waals surface area contributed by atoms with Gasteiger partial charge < -0.3 is 15.2 Å². The molecular weight excluding hydrogens is 198 g/mol. The van der Waals surface area contributed by atoms with E-state index in [1.54, 1.807) is 0 Å². The lowest BCUT2D eigenvalue weighted by Crippen LogP contribution is -2.46. The third-order valence-electron chi connectivity index (χ3n) is 1.66. The van der Waals surface area contributed by atoms with E-state index >= 15 is 0 Å². The van der Waals surface area contributed by atoms with Crippen molar-refractivity contribution in [1.29, 1.82) is 0 Å². The lowest BCUT2D eigenvalue weighted by atomic mass is 10.1. The first kappa shape index (κ1) is 13.9. The fourth-order valence-corrected chi connectivity index (χ4v) is 1.17. The summed E-state index contributed by atoms with van der Waals surface area (Å²) in [4.78, 5) is 21.0. The fraction of sp³-hybridized carbons (Fsp3) is 0.800. The molecule has 15 heavy (non-hydrogen) atoms. The van der Waals surface area contributed by atoms with Gasteiger partial charge in [0, 0.05) is 20.0 Å². The van der Waals surface area contributed by atoms with E-state index in [-0.39, 0.29) is 12.3 Å². The van der Waals surface area contributed by atoms with Gasteiger partial charge in [-0.25, -0.2) is 0 Å². The second-order valence-corrected chi connectivity index (χ2v) is 4.11. The molecule has 1 amide bonds. The zero-order valence-corrected chi connectivity index (χ0v) is 9.50. The number of rotatable bonds is 7. The minimum Gasteiger partial charge on any atom is -0.481 e. The Balaban J connectivity index is 3.57. The zero-order chi connectivity index (χ0) is 11.9. The Morgan fingerprint density at radius 2 is 2.00 bits per heavy atom. The molecule has 0 aromatic rings. The zero-order valence-electron chi connectivity index (χ0n) is 9.50. The van der Waals surface area contributed by atoms with Crippen molar-refractivity contribution in [2.24, 2.45) is 0 Å². The normalized spacial score (nSPS) is 11.1. The van der Waals surface area contributed by atoms with Crippen LogP contribution in [0.25, 0.3) is 0 Å². The van der Waals surface area contributed by atoms with Gasteiger partial charge in [0.15, 0.2) is 0 Å². The second kappa shape index (κ2) is 6.40. The van der Waals surface area contributed by atoms with E-state index in [9.17, 15) is 9.59 Å². The van der Waals surface area contributed by atoms with Crippen LogP contribution in [0.5, 0.6) is 0 Å². The van der Waals surface area contributed by atoms with Gasteiger partial charge in [-0.15, -0.1) is 0 Å². The maximum Gasteiger partial charge on any atom is 0.303 e. The fourth-order valence-electron chi connectivity index (χ4n) is 1.17. The predicted octanol–water partition coefficient (Wildman–Crippen LogP) is 0.782. The van der Waals surface area contributed by atoms with Crippen molar-refractivity contribution in [3.05, 3.63) is 0 Å². The first-order valence-electron chi connectivity index (χ1n) is 4.92. The molecule has 5 nitrogen and oxygen atoms in total. The van der Waals surface area contributed by atoms with Gasteiger partial charge in [0.05, 0.1) is 12.1 Å². The summed E-state index contributed by atoms with van der Waals surface area (Å²) in [7, 11) is 0. The molecule has 0 heterocycles. The molecule has 0 radical (unpaired) electrons. The number of hydrogen-bond acceptors (Lipinski definition) is 3. The van der Waals surface area contributed by atoms with Crippen molar-refractivity contribution >= 4 is 11.9 Å². The van der Waals surface area contributed by atoms with Crippen LogP contribution in [0, 0.1) is 0 Å². The number of carboxylic acid groups (broad SMARTS) is 1. The van der Waals surface area contributed by atoms with Crippen molar-refractivity contribution in [1.82, 2.24) is 5.32 Å². The van der Waals surface area contributed by atoms with E-state index in [1.807, 2.05) is 13.8 Å². The van der Waals surface area contributed by atoms with Gasteiger partial charge >= 0.3 is 5.97 Å². The Bertz CT molecular complexity index is 225. The van der Waals surface area contributed by atoms with Crippen molar-refractivity contribution in [2.75, 3.05) is 13.2 Å². The molecule has 0 atom stereocenters. The van der Waals surface area contributed by atoms with Crippen molar-refractivity contribution in [2.45, 2.75) is 39.2 Å². The van der Waals surface area contributed by atoms with E-state index in [0.717, 1.165) is 0 Å². The molecule has 2 N–H and O–H groups in total. The average Bonchev–Trinajstić information content (AvgIpc) is 1.99. The van der Waals surface area contributed by atoms with Crippen LogP contribution in [0.15, 0.2) is 0 Å². The van der Waals surface area contributed by atoms with Gasteiger partial charge in [0.1, 0.15) is 0 Å². The smallest absolute Gasteiger partial charge is 0.303 e. The van der Waals surface area contributed by atoms with E-state index in [2.05, 4.69) is 5.32 Å². The van der Waals surface area contributed by atoms with Gasteiger partial charge in [-0.2, -0.15) is 0 Å². The van der Waals surface area contributed by atoms with Gasteiger partial charge in [0.2, 0.25) is 5.91 Å². The van der Waals surface area contributed by atoms with Crippen LogP contribution < -0.4 is 5.32 Å². The Kier molecular flexibility index (Phi) is 5.93. The molecular formula is C10H19NO4. The summed E-state index contributed by atoms with van der Waals surface area (Å²) in [5.41, 5.74) is -0.408. The first-order valence-corrected chi connectivity index (χ1v) is 4.92. The van der Waals surface area contributed by atoms with Gasteiger partial charge in [-0.3, -0.25) is 9.59 Å². The van der Waals surface area contributed by atoms with Crippen LogP contribution in [-0.2, 0) is 14.3 Å². The van der Waals surface area contributed by atoms with Crippen LogP contribution in [-0.4, -0.2) is 35.7 Å². The molecule has 0 fully saturated rings. The molecule has 0 spiro atoms. The molecule has 5 heteroatoms. The van der Waals surface area contributed by atoms with E-state index in [0.29, 0.717) is 19.6 Å². The summed E-state index contributed by atoms with van der Waals surface area (Å²) in [6.45, 7) is 5.94. The molecule has 0 bridgehead atoms. The van der Waals surface area contributed by atoms with Crippen LogP contribution in [0.2, 0.25) is 0 Å². The highest BCUT2D eigenvalue weighted by Gasteiger charge is 2.18. The highest BCUT2D eigenvalue weighted by atomic mass is 16.5. The third kappa shape index (κ3) is 9.21. The number of ether oxygens (including phenoxy) is 1. The molecule has 0 rings (SSSR count). The number of aliphatic carboxylic acids is 1. The summed E-state index contributed by atoms with van der Waals surface area (Å²) >= 11 is 0. The quantitative estimate of drug-likeness (QED) is 0.618. The number of carbonyl (C=O) groups is 2. The highest BCUT2D eigenvalue weighted by Crippen LogP contribution is 2.03. The van der Waals surface area contributed by atoms with Crippen molar-refractivity contribution in [3.8, 4) is 0 Å². The third-order valence-corrected chi connectivity index (χ3v) is 1.66. The Hall–Kier alpha value is -1.10. The Morgan fingerprint density at radius 1 is 1.40 bits per heavy atom. The predicted molar refractivity (Wildman–Crippen MR) is 55.6 cm³/mol. The number of carbonyl (C=O) groups excluding carboxylic acids is 1. The molecule has 0 aliphatic heterocycles. The number of carboxylic acids is 1. The summed E-state index contributed by atoms with van der Waals surface area (Å²) in [5.74, 6) is -0.922. The maximum absolute atomic E-state index is 10.8. The molecule has 0 aromatic carbocycles. The standard InChI is InChI=1S/C10H19NO4/c1-8(12)11-10(2,3)7-15-6-4-5-9(13)14/h4-7H2,1-3H3,(H,11,12)(H,13,14). The lowest BCUT2D eigenvalue weighted by molar-refractivity contribution is -0.137. The van der Waals surface area contributed by atoms with Crippen LogP contribution in [0.3, 0.4) is 0 Å². The lowest BCUT2D eigenvalue weighted by Gasteiger charge is -2.25. The largest absolute Gasteiger partial charge is 0.481 e. The minimum atomic E-state index is -0.820. The average molecular weight is 217 g/mol. The summed E-state index contributed by atoms with van der Waals surface area (Å²) in [5, 5.41) is 11.1. The molecule has 0 aliphatic carbocycles. The van der Waals surface area contributed by atoms with Gasteiger partial charge in [0.25, 0.3) is 0 Å². The summed E-state index contributed by atoms with van der Waals surface area (Å²) < 4.78 is 5.27. The molecule has 0 saturated heterocycles. The van der Waals surface area contributed by atoms with Crippen LogP contribution in [0.4, 0.5) is 0 Å². The van der Waals surface area contributed by atoms with Crippen LogP contribution in [0.1, 0.15) is 33.6 Å².